The number of amides is 1. The number of aromatic nitrogens is 4. The summed E-state index contributed by atoms with van der Waals surface area (Å²) in [7, 11) is 0. The monoisotopic (exact) mass is 495 g/mol. The van der Waals surface area contributed by atoms with Gasteiger partial charge in [0, 0.05) is 63.9 Å². The molecule has 37 heavy (non-hydrogen) atoms. The summed E-state index contributed by atoms with van der Waals surface area (Å²) in [6, 6.07) is 14.6. The molecule has 1 amide bonds. The highest BCUT2D eigenvalue weighted by atomic mass is 16.1. The average Bonchev–Trinajstić information content (AvgIpc) is 3.31. The van der Waals surface area contributed by atoms with Crippen LogP contribution in [0.3, 0.4) is 0 Å². The van der Waals surface area contributed by atoms with Crippen molar-refractivity contribution in [3.63, 3.8) is 0 Å². The second-order valence-corrected chi connectivity index (χ2v) is 9.93. The number of carbonyl (C=O) groups excluding carboxylic acids is 1. The number of piperazine rings is 1. The van der Waals surface area contributed by atoms with Gasteiger partial charge in [-0.2, -0.15) is 0 Å². The number of hydrogen-bond donors (Lipinski definition) is 1. The maximum Gasteiger partial charge on any atom is 0.255 e. The van der Waals surface area contributed by atoms with Gasteiger partial charge in [0.2, 0.25) is 0 Å². The number of fused-ring (bicyclic) bond motifs is 3. The fourth-order valence-electron chi connectivity index (χ4n) is 5.64. The summed E-state index contributed by atoms with van der Waals surface area (Å²) in [5.74, 6) is 0.891. The van der Waals surface area contributed by atoms with E-state index in [2.05, 4.69) is 60.0 Å². The van der Waals surface area contributed by atoms with Crippen LogP contribution in [0.1, 0.15) is 40.0 Å². The Kier molecular flexibility index (Phi) is 6.82. The minimum Gasteiger partial charge on any atom is -0.352 e. The minimum atomic E-state index is -0.0696. The number of benzene rings is 1. The molecule has 1 aromatic carbocycles. The lowest BCUT2D eigenvalue weighted by Crippen LogP contribution is -2.47. The molecule has 0 saturated carbocycles. The molecule has 190 valence electrons. The smallest absolute Gasteiger partial charge is 0.255 e. The van der Waals surface area contributed by atoms with Crippen LogP contribution in [0.15, 0.2) is 61.2 Å². The lowest BCUT2D eigenvalue weighted by atomic mass is 10.1. The largest absolute Gasteiger partial charge is 0.352 e. The van der Waals surface area contributed by atoms with Gasteiger partial charge in [0.15, 0.2) is 5.82 Å². The van der Waals surface area contributed by atoms with Crippen molar-refractivity contribution in [2.45, 2.75) is 38.8 Å². The van der Waals surface area contributed by atoms with Crippen molar-refractivity contribution < 1.29 is 4.79 Å². The van der Waals surface area contributed by atoms with Crippen molar-refractivity contribution in [1.82, 2.24) is 29.7 Å². The third kappa shape index (κ3) is 4.93. The molecule has 0 unspecified atom stereocenters. The first-order chi connectivity index (χ1) is 18.3. The molecule has 2 aliphatic heterocycles. The molecule has 6 rings (SSSR count). The number of pyridine rings is 1. The third-order valence-corrected chi connectivity index (χ3v) is 7.60. The van der Waals surface area contributed by atoms with Gasteiger partial charge < -0.3 is 14.8 Å². The Morgan fingerprint density at radius 3 is 2.57 bits per heavy atom. The van der Waals surface area contributed by atoms with E-state index >= 15 is 0 Å². The van der Waals surface area contributed by atoms with Crippen molar-refractivity contribution in [2.24, 2.45) is 0 Å². The van der Waals surface area contributed by atoms with E-state index in [9.17, 15) is 4.79 Å². The van der Waals surface area contributed by atoms with Gasteiger partial charge in [0.05, 0.1) is 5.56 Å². The number of rotatable bonds is 7. The quantitative estimate of drug-likeness (QED) is 0.423. The van der Waals surface area contributed by atoms with E-state index in [1.807, 2.05) is 12.1 Å². The van der Waals surface area contributed by atoms with Crippen LogP contribution < -0.4 is 10.2 Å². The molecule has 1 fully saturated rings. The summed E-state index contributed by atoms with van der Waals surface area (Å²) < 4.78 is 2.31. The summed E-state index contributed by atoms with van der Waals surface area (Å²) in [5.41, 5.74) is 5.96. The first kappa shape index (κ1) is 23.6. The van der Waals surface area contributed by atoms with Gasteiger partial charge in [-0.3, -0.25) is 14.7 Å². The van der Waals surface area contributed by atoms with Crippen LogP contribution in [-0.2, 0) is 25.9 Å². The Morgan fingerprint density at radius 2 is 1.76 bits per heavy atom. The van der Waals surface area contributed by atoms with Gasteiger partial charge in [-0.25, -0.2) is 9.97 Å². The van der Waals surface area contributed by atoms with E-state index < -0.39 is 0 Å². The Balaban J connectivity index is 1.22. The summed E-state index contributed by atoms with van der Waals surface area (Å²) in [6.45, 7) is 6.27. The molecule has 4 aromatic rings. The van der Waals surface area contributed by atoms with Crippen molar-refractivity contribution in [3.8, 4) is 0 Å². The van der Waals surface area contributed by atoms with Gasteiger partial charge in [-0.05, 0) is 42.9 Å². The van der Waals surface area contributed by atoms with Gasteiger partial charge >= 0.3 is 0 Å². The predicted octanol–water partition coefficient (Wildman–Crippen LogP) is 3.46. The second kappa shape index (κ2) is 10.7. The van der Waals surface area contributed by atoms with Crippen LogP contribution in [0, 0.1) is 0 Å². The van der Waals surface area contributed by atoms with E-state index in [4.69, 9.17) is 4.98 Å². The first-order valence-corrected chi connectivity index (χ1v) is 13.3. The summed E-state index contributed by atoms with van der Waals surface area (Å²) in [4.78, 5) is 31.9. The van der Waals surface area contributed by atoms with Crippen LogP contribution in [0.5, 0.6) is 0 Å². The second-order valence-electron chi connectivity index (χ2n) is 9.93. The van der Waals surface area contributed by atoms with Crippen LogP contribution in [0.25, 0.3) is 11.0 Å². The zero-order valence-corrected chi connectivity index (χ0v) is 21.1. The highest BCUT2D eigenvalue weighted by Gasteiger charge is 2.29. The Labute approximate surface area is 217 Å². The predicted molar refractivity (Wildman–Crippen MR) is 145 cm³/mol. The number of hydrogen-bond acceptors (Lipinski definition) is 6. The topological polar surface area (TPSA) is 79.2 Å². The molecule has 0 radical (unpaired) electrons. The van der Waals surface area contributed by atoms with Gasteiger partial charge in [-0.1, -0.05) is 36.4 Å². The minimum absolute atomic E-state index is 0.0696. The molecule has 0 aliphatic carbocycles. The van der Waals surface area contributed by atoms with Crippen molar-refractivity contribution in [1.29, 1.82) is 0 Å². The van der Waals surface area contributed by atoms with Gasteiger partial charge in [0.25, 0.3) is 5.91 Å². The summed E-state index contributed by atoms with van der Waals surface area (Å²) >= 11 is 0. The average molecular weight is 496 g/mol. The Hall–Kier alpha value is -3.78. The van der Waals surface area contributed by atoms with Crippen LogP contribution in [0.4, 0.5) is 5.82 Å². The number of aryl methyl sites for hydroxylation is 1. The van der Waals surface area contributed by atoms with Crippen LogP contribution in [-0.4, -0.2) is 63.0 Å². The van der Waals surface area contributed by atoms with Crippen LogP contribution in [0.2, 0.25) is 0 Å². The van der Waals surface area contributed by atoms with E-state index in [-0.39, 0.29) is 5.91 Å². The Bertz CT molecular complexity index is 1360. The third-order valence-electron chi connectivity index (χ3n) is 7.60. The SMILES string of the molecule is O=C(NCc1cccnc1)c1c2n(c3c(N4CCN(CCc5ccccc5)CC4)ncnc13)CCCC2. The molecule has 1 saturated heterocycles. The summed E-state index contributed by atoms with van der Waals surface area (Å²) in [6.07, 6.45) is 9.31. The number of nitrogens with zero attached hydrogens (tertiary/aromatic N) is 6. The van der Waals surface area contributed by atoms with E-state index in [0.717, 1.165) is 93.1 Å². The van der Waals surface area contributed by atoms with Crippen molar-refractivity contribution in [3.05, 3.63) is 83.6 Å². The molecular formula is C29H33N7O. The zero-order valence-electron chi connectivity index (χ0n) is 21.1. The molecular weight excluding hydrogens is 462 g/mol. The Morgan fingerprint density at radius 1 is 0.919 bits per heavy atom. The number of nitrogens with one attached hydrogen (secondary N) is 1. The number of carbonyl (C=O) groups is 1. The fourth-order valence-corrected chi connectivity index (χ4v) is 5.64. The molecule has 0 spiro atoms. The molecule has 2 aliphatic rings. The van der Waals surface area contributed by atoms with E-state index in [0.29, 0.717) is 12.1 Å². The van der Waals surface area contributed by atoms with E-state index in [1.54, 1.807) is 18.7 Å². The standard InChI is InChI=1S/C29H33N7O/c37-29(31-20-23-9-6-12-30-19-23)25-24-10-4-5-13-36(24)27-26(25)32-21-33-28(27)35-17-15-34(16-18-35)14-11-22-7-2-1-3-8-22/h1-3,6-9,12,19,21H,4-5,10-11,13-18,20H2,(H,31,37). The van der Waals surface area contributed by atoms with Gasteiger partial charge in [-0.15, -0.1) is 0 Å². The summed E-state index contributed by atoms with van der Waals surface area (Å²) in [5, 5.41) is 3.10. The lowest BCUT2D eigenvalue weighted by Gasteiger charge is -2.35. The molecule has 0 atom stereocenters. The zero-order chi connectivity index (χ0) is 25.0. The van der Waals surface area contributed by atoms with Gasteiger partial charge in [0.1, 0.15) is 17.4 Å². The normalized spacial score (nSPS) is 16.1. The number of anilines is 1. The van der Waals surface area contributed by atoms with Crippen LogP contribution >= 0.6 is 0 Å². The molecule has 5 heterocycles. The molecule has 0 bridgehead atoms. The molecule has 8 nitrogen and oxygen atoms in total. The van der Waals surface area contributed by atoms with Crippen molar-refractivity contribution in [2.75, 3.05) is 37.6 Å². The van der Waals surface area contributed by atoms with E-state index in [1.165, 1.54) is 5.56 Å². The highest BCUT2D eigenvalue weighted by Crippen LogP contribution is 2.34. The first-order valence-electron chi connectivity index (χ1n) is 13.3. The maximum atomic E-state index is 13.5. The van der Waals surface area contributed by atoms with Crippen molar-refractivity contribution >= 4 is 22.8 Å². The fraction of sp³-hybridized carbons (Fsp3) is 0.379. The maximum absolute atomic E-state index is 13.5. The molecule has 8 heteroatoms. The lowest BCUT2D eigenvalue weighted by molar-refractivity contribution is 0.0951. The molecule has 1 N–H and O–H groups in total. The molecule has 3 aromatic heterocycles. The highest BCUT2D eigenvalue weighted by molar-refractivity contribution is 6.09.